The van der Waals surface area contributed by atoms with Gasteiger partial charge in [-0.1, -0.05) is 17.7 Å². The van der Waals surface area contributed by atoms with Crippen LogP contribution < -0.4 is 14.8 Å². The predicted octanol–water partition coefficient (Wildman–Crippen LogP) is 3.32. The smallest absolute Gasteiger partial charge is 0.319 e. The molecule has 0 spiro atoms. The first-order valence-electron chi connectivity index (χ1n) is 6.94. The van der Waals surface area contributed by atoms with E-state index < -0.39 is 11.7 Å². The van der Waals surface area contributed by atoms with E-state index in [0.717, 1.165) is 6.07 Å². The molecule has 0 atom stereocenters. The van der Waals surface area contributed by atoms with Gasteiger partial charge in [0.25, 0.3) is 5.91 Å². The molecule has 0 radical (unpaired) electrons. The number of hydrogen-bond donors (Lipinski definition) is 1. The zero-order valence-corrected chi connectivity index (χ0v) is 13.4. The summed E-state index contributed by atoms with van der Waals surface area (Å²) in [6.45, 7) is 4.27. The maximum Gasteiger partial charge on any atom is 0.319 e. The van der Waals surface area contributed by atoms with Gasteiger partial charge in [0.1, 0.15) is 11.5 Å². The van der Waals surface area contributed by atoms with Gasteiger partial charge in [0.05, 0.1) is 30.0 Å². The van der Waals surface area contributed by atoms with Crippen LogP contribution in [0.4, 0.5) is 10.1 Å². The van der Waals surface area contributed by atoms with Crippen LogP contribution in [0.15, 0.2) is 24.4 Å². The average Bonchev–Trinajstić information content (AvgIpc) is 2.50. The molecular formula is C15H15ClFN3O3. The third-order valence-corrected chi connectivity index (χ3v) is 3.04. The van der Waals surface area contributed by atoms with Crippen molar-refractivity contribution in [1.29, 1.82) is 0 Å². The predicted molar refractivity (Wildman–Crippen MR) is 83.7 cm³/mol. The number of halogens is 2. The molecule has 6 nitrogen and oxygen atoms in total. The molecule has 0 bridgehead atoms. The second-order valence-corrected chi connectivity index (χ2v) is 4.70. The lowest BCUT2D eigenvalue weighted by atomic mass is 10.2. The van der Waals surface area contributed by atoms with Gasteiger partial charge in [-0.25, -0.2) is 9.37 Å². The third kappa shape index (κ3) is 4.07. The van der Waals surface area contributed by atoms with E-state index >= 15 is 0 Å². The monoisotopic (exact) mass is 339 g/mol. The number of amides is 1. The number of carbonyl (C=O) groups is 1. The molecule has 1 amide bonds. The van der Waals surface area contributed by atoms with Gasteiger partial charge in [-0.2, -0.15) is 4.98 Å². The summed E-state index contributed by atoms with van der Waals surface area (Å²) in [5.74, 6) is -1.31. The summed E-state index contributed by atoms with van der Waals surface area (Å²) in [6, 6.07) is 4.12. The third-order valence-electron chi connectivity index (χ3n) is 2.72. The highest BCUT2D eigenvalue weighted by atomic mass is 35.5. The molecule has 122 valence electrons. The molecule has 1 aromatic carbocycles. The van der Waals surface area contributed by atoms with Gasteiger partial charge in [-0.05, 0) is 26.0 Å². The summed E-state index contributed by atoms with van der Waals surface area (Å²) in [4.78, 5) is 20.2. The van der Waals surface area contributed by atoms with E-state index in [9.17, 15) is 9.18 Å². The SMILES string of the molecule is CCOc1ncc(NC(=O)c2c(F)cccc2Cl)c(OCC)n1. The van der Waals surface area contributed by atoms with Crippen LogP contribution >= 0.6 is 11.6 Å². The number of carbonyl (C=O) groups excluding carboxylic acids is 1. The Kier molecular flexibility index (Phi) is 5.70. The van der Waals surface area contributed by atoms with Crippen LogP contribution in [-0.4, -0.2) is 29.1 Å². The van der Waals surface area contributed by atoms with Gasteiger partial charge >= 0.3 is 6.01 Å². The van der Waals surface area contributed by atoms with Crippen molar-refractivity contribution in [2.45, 2.75) is 13.8 Å². The van der Waals surface area contributed by atoms with Crippen molar-refractivity contribution in [2.24, 2.45) is 0 Å². The number of nitrogens with one attached hydrogen (secondary N) is 1. The molecule has 2 aromatic rings. The van der Waals surface area contributed by atoms with Crippen molar-refractivity contribution >= 4 is 23.2 Å². The summed E-state index contributed by atoms with van der Waals surface area (Å²) >= 11 is 5.87. The summed E-state index contributed by atoms with van der Waals surface area (Å²) in [5, 5.41) is 2.50. The lowest BCUT2D eigenvalue weighted by Gasteiger charge is -2.12. The normalized spacial score (nSPS) is 10.3. The Labute approximate surface area is 137 Å². The minimum absolute atomic E-state index is 0.00677. The molecule has 1 heterocycles. The number of aromatic nitrogens is 2. The zero-order chi connectivity index (χ0) is 16.8. The minimum atomic E-state index is -0.722. The van der Waals surface area contributed by atoms with Gasteiger partial charge in [0.2, 0.25) is 5.88 Å². The zero-order valence-electron chi connectivity index (χ0n) is 12.6. The quantitative estimate of drug-likeness (QED) is 0.874. The average molecular weight is 340 g/mol. The molecular weight excluding hydrogens is 325 g/mol. The standard InChI is InChI=1S/C15H15ClFN3O3/c1-3-22-14-11(8-18-15(20-14)23-4-2)19-13(21)12-9(16)6-5-7-10(12)17/h5-8H,3-4H2,1-2H3,(H,19,21). The lowest BCUT2D eigenvalue weighted by molar-refractivity contribution is 0.102. The number of nitrogens with zero attached hydrogens (tertiary/aromatic N) is 2. The molecule has 0 saturated heterocycles. The first-order chi connectivity index (χ1) is 11.1. The molecule has 8 heteroatoms. The summed E-state index contributed by atoms with van der Waals surface area (Å²) in [5.41, 5.74) is -0.0647. The van der Waals surface area contributed by atoms with Crippen LogP contribution in [0, 0.1) is 5.82 Å². The van der Waals surface area contributed by atoms with E-state index in [4.69, 9.17) is 21.1 Å². The highest BCUT2D eigenvalue weighted by molar-refractivity contribution is 6.34. The summed E-state index contributed by atoms with van der Waals surface area (Å²) in [6.07, 6.45) is 1.33. The largest absolute Gasteiger partial charge is 0.476 e. The molecule has 0 aliphatic heterocycles. The number of anilines is 1. The van der Waals surface area contributed by atoms with E-state index in [1.165, 1.54) is 18.3 Å². The molecule has 0 aliphatic carbocycles. The molecule has 0 fully saturated rings. The highest BCUT2D eigenvalue weighted by Crippen LogP contribution is 2.26. The Balaban J connectivity index is 2.30. The highest BCUT2D eigenvalue weighted by Gasteiger charge is 2.18. The second kappa shape index (κ2) is 7.73. The lowest BCUT2D eigenvalue weighted by Crippen LogP contribution is -2.16. The van der Waals surface area contributed by atoms with Crippen LogP contribution in [0.1, 0.15) is 24.2 Å². The van der Waals surface area contributed by atoms with Crippen molar-refractivity contribution < 1.29 is 18.7 Å². The molecule has 2 rings (SSSR count). The molecule has 0 aliphatic rings. The number of rotatable bonds is 6. The van der Waals surface area contributed by atoms with Crippen molar-refractivity contribution in [3.05, 3.63) is 40.8 Å². The van der Waals surface area contributed by atoms with Crippen molar-refractivity contribution in [2.75, 3.05) is 18.5 Å². The fourth-order valence-corrected chi connectivity index (χ4v) is 2.03. The molecule has 0 unspecified atom stereocenters. The van der Waals surface area contributed by atoms with Gasteiger partial charge in [-0.3, -0.25) is 4.79 Å². The van der Waals surface area contributed by atoms with Crippen LogP contribution in [0.3, 0.4) is 0 Å². The van der Waals surface area contributed by atoms with E-state index in [2.05, 4.69) is 15.3 Å². The van der Waals surface area contributed by atoms with Crippen LogP contribution in [0.25, 0.3) is 0 Å². The van der Waals surface area contributed by atoms with Gasteiger partial charge in [-0.15, -0.1) is 0 Å². The maximum absolute atomic E-state index is 13.8. The van der Waals surface area contributed by atoms with Crippen molar-refractivity contribution in [3.8, 4) is 11.9 Å². The first kappa shape index (κ1) is 17.0. The van der Waals surface area contributed by atoms with Gasteiger partial charge < -0.3 is 14.8 Å². The van der Waals surface area contributed by atoms with E-state index in [0.29, 0.717) is 13.2 Å². The topological polar surface area (TPSA) is 73.3 Å². The number of benzene rings is 1. The molecule has 0 saturated carbocycles. The summed E-state index contributed by atoms with van der Waals surface area (Å²) < 4.78 is 24.3. The van der Waals surface area contributed by atoms with Gasteiger partial charge in [0, 0.05) is 0 Å². The summed E-state index contributed by atoms with van der Waals surface area (Å²) in [7, 11) is 0. The van der Waals surface area contributed by atoms with E-state index in [1.54, 1.807) is 13.8 Å². The first-order valence-corrected chi connectivity index (χ1v) is 7.32. The van der Waals surface area contributed by atoms with Crippen molar-refractivity contribution in [3.63, 3.8) is 0 Å². The van der Waals surface area contributed by atoms with Crippen LogP contribution in [0.2, 0.25) is 5.02 Å². The Morgan fingerprint density at radius 2 is 2.04 bits per heavy atom. The molecule has 1 N–H and O–H groups in total. The Bertz CT molecular complexity index is 692. The maximum atomic E-state index is 13.8. The molecule has 1 aromatic heterocycles. The Morgan fingerprint density at radius 3 is 2.70 bits per heavy atom. The Morgan fingerprint density at radius 1 is 1.30 bits per heavy atom. The fraction of sp³-hybridized carbons (Fsp3) is 0.267. The number of hydrogen-bond acceptors (Lipinski definition) is 5. The van der Waals surface area contributed by atoms with Gasteiger partial charge in [0.15, 0.2) is 0 Å². The number of ether oxygens (including phenoxy) is 2. The van der Waals surface area contributed by atoms with Crippen LogP contribution in [0.5, 0.6) is 11.9 Å². The van der Waals surface area contributed by atoms with E-state index in [-0.39, 0.29) is 28.2 Å². The second-order valence-electron chi connectivity index (χ2n) is 4.29. The Hall–Kier alpha value is -2.41. The van der Waals surface area contributed by atoms with E-state index in [1.807, 2.05) is 0 Å². The van der Waals surface area contributed by atoms with Crippen molar-refractivity contribution in [1.82, 2.24) is 9.97 Å². The minimum Gasteiger partial charge on any atom is -0.476 e. The fourth-order valence-electron chi connectivity index (χ4n) is 1.78. The van der Waals surface area contributed by atoms with Crippen LogP contribution in [-0.2, 0) is 0 Å². The molecule has 23 heavy (non-hydrogen) atoms.